The lowest BCUT2D eigenvalue weighted by Crippen LogP contribution is -2.22. The van der Waals surface area contributed by atoms with Crippen LogP contribution in [-0.2, 0) is 4.79 Å². The first-order valence-electron chi connectivity index (χ1n) is 9.22. The van der Waals surface area contributed by atoms with E-state index in [9.17, 15) is 9.59 Å². The van der Waals surface area contributed by atoms with E-state index in [2.05, 4.69) is 24.1 Å². The monoisotopic (exact) mass is 409 g/mol. The zero-order valence-corrected chi connectivity index (χ0v) is 17.4. The summed E-state index contributed by atoms with van der Waals surface area (Å²) in [6.07, 6.45) is 3.14. The highest BCUT2D eigenvalue weighted by atomic mass is 32.2. The van der Waals surface area contributed by atoms with E-state index in [0.29, 0.717) is 17.4 Å². The van der Waals surface area contributed by atoms with Gasteiger partial charge < -0.3 is 10.1 Å². The summed E-state index contributed by atoms with van der Waals surface area (Å²) in [5.41, 5.74) is 2.34. The Bertz CT molecular complexity index is 1050. The fourth-order valence-electron chi connectivity index (χ4n) is 2.74. The molecule has 0 unspecified atom stereocenters. The van der Waals surface area contributed by atoms with Crippen LogP contribution in [0.4, 0.5) is 5.69 Å². The summed E-state index contributed by atoms with van der Waals surface area (Å²) >= 11 is 1.11. The van der Waals surface area contributed by atoms with Crippen LogP contribution in [0.2, 0.25) is 0 Å². The number of methoxy groups -OCH3 is 1. The molecule has 2 aromatic carbocycles. The maximum Gasteiger partial charge on any atom is 0.287 e. The van der Waals surface area contributed by atoms with Crippen LogP contribution in [0.15, 0.2) is 70.7 Å². The highest BCUT2D eigenvalue weighted by Gasteiger charge is 2.11. The van der Waals surface area contributed by atoms with Gasteiger partial charge in [0.05, 0.1) is 18.6 Å². The Kier molecular flexibility index (Phi) is 6.72. The van der Waals surface area contributed by atoms with Crippen molar-refractivity contribution in [3.63, 3.8) is 0 Å². The van der Waals surface area contributed by atoms with Crippen molar-refractivity contribution in [2.45, 2.75) is 24.8 Å². The van der Waals surface area contributed by atoms with E-state index >= 15 is 0 Å². The first-order chi connectivity index (χ1) is 14.0. The van der Waals surface area contributed by atoms with Crippen LogP contribution in [0.25, 0.3) is 5.69 Å². The van der Waals surface area contributed by atoms with Crippen molar-refractivity contribution >= 4 is 23.4 Å². The van der Waals surface area contributed by atoms with Gasteiger partial charge in [0.2, 0.25) is 5.91 Å². The molecule has 0 bridgehead atoms. The minimum absolute atomic E-state index is 0.0935. The number of hydrogen-bond donors (Lipinski definition) is 1. The van der Waals surface area contributed by atoms with Crippen LogP contribution in [0.3, 0.4) is 0 Å². The standard InChI is InChI=1S/C22H23N3O3S/c1-15(2)16-7-9-17(10-8-16)24-20(26)14-29-21-22(27)25(12-11-23-21)18-5-4-6-19(13-18)28-3/h4-13,15H,14H2,1-3H3,(H,24,26). The molecule has 3 rings (SSSR count). The smallest absolute Gasteiger partial charge is 0.287 e. The third-order valence-electron chi connectivity index (χ3n) is 4.34. The maximum absolute atomic E-state index is 12.7. The summed E-state index contributed by atoms with van der Waals surface area (Å²) < 4.78 is 6.70. The first-order valence-corrected chi connectivity index (χ1v) is 10.2. The topological polar surface area (TPSA) is 73.2 Å². The average Bonchev–Trinajstić information content (AvgIpc) is 2.73. The van der Waals surface area contributed by atoms with Crippen molar-refractivity contribution in [1.82, 2.24) is 9.55 Å². The van der Waals surface area contributed by atoms with Crippen LogP contribution >= 0.6 is 11.8 Å². The van der Waals surface area contributed by atoms with E-state index in [4.69, 9.17) is 4.74 Å². The van der Waals surface area contributed by atoms with E-state index in [-0.39, 0.29) is 22.2 Å². The van der Waals surface area contributed by atoms with Gasteiger partial charge in [-0.05, 0) is 35.7 Å². The second-order valence-electron chi connectivity index (χ2n) is 6.72. The molecule has 0 fully saturated rings. The normalized spacial score (nSPS) is 10.8. The predicted octanol–water partition coefficient (Wildman–Crippen LogP) is 4.10. The van der Waals surface area contributed by atoms with E-state index in [1.165, 1.54) is 10.1 Å². The number of carbonyl (C=O) groups excluding carboxylic acids is 1. The Morgan fingerprint density at radius 1 is 1.21 bits per heavy atom. The summed E-state index contributed by atoms with van der Waals surface area (Å²) in [5, 5.41) is 3.11. The number of ether oxygens (including phenoxy) is 1. The molecule has 1 N–H and O–H groups in total. The van der Waals surface area contributed by atoms with Crippen LogP contribution in [0.5, 0.6) is 5.75 Å². The van der Waals surface area contributed by atoms with Crippen LogP contribution in [0.1, 0.15) is 25.3 Å². The van der Waals surface area contributed by atoms with Gasteiger partial charge in [-0.25, -0.2) is 4.98 Å². The number of thioether (sulfide) groups is 1. The number of anilines is 1. The van der Waals surface area contributed by atoms with Crippen molar-refractivity contribution < 1.29 is 9.53 Å². The lowest BCUT2D eigenvalue weighted by molar-refractivity contribution is -0.113. The molecule has 0 spiro atoms. The van der Waals surface area contributed by atoms with Gasteiger partial charge in [-0.3, -0.25) is 14.2 Å². The molecule has 6 nitrogen and oxygen atoms in total. The van der Waals surface area contributed by atoms with E-state index in [1.807, 2.05) is 42.5 Å². The molecule has 150 valence electrons. The summed E-state index contributed by atoms with van der Waals surface area (Å²) in [6, 6.07) is 15.0. The minimum Gasteiger partial charge on any atom is -0.497 e. The second-order valence-corrected chi connectivity index (χ2v) is 7.69. The number of nitrogens with one attached hydrogen (secondary N) is 1. The van der Waals surface area contributed by atoms with Gasteiger partial charge in [-0.2, -0.15) is 0 Å². The molecule has 0 aliphatic rings. The number of carbonyl (C=O) groups is 1. The molecular formula is C22H23N3O3S. The maximum atomic E-state index is 12.7. The van der Waals surface area contributed by atoms with Gasteiger partial charge in [0, 0.05) is 24.1 Å². The zero-order valence-electron chi connectivity index (χ0n) is 16.6. The average molecular weight is 410 g/mol. The van der Waals surface area contributed by atoms with Gasteiger partial charge in [-0.1, -0.05) is 43.8 Å². The molecule has 0 saturated carbocycles. The van der Waals surface area contributed by atoms with Gasteiger partial charge >= 0.3 is 0 Å². The number of aromatic nitrogens is 2. The lowest BCUT2D eigenvalue weighted by Gasteiger charge is -2.09. The predicted molar refractivity (Wildman–Crippen MR) is 116 cm³/mol. The molecule has 0 aliphatic heterocycles. The highest BCUT2D eigenvalue weighted by Crippen LogP contribution is 2.19. The molecule has 0 atom stereocenters. The second kappa shape index (κ2) is 9.43. The first kappa shape index (κ1) is 20.7. The molecule has 0 radical (unpaired) electrons. The Hall–Kier alpha value is -3.06. The Morgan fingerprint density at radius 2 is 1.97 bits per heavy atom. The summed E-state index contributed by atoms with van der Waals surface area (Å²) in [5.74, 6) is 0.996. The van der Waals surface area contributed by atoms with Crippen molar-refractivity contribution in [1.29, 1.82) is 0 Å². The number of rotatable bonds is 7. The highest BCUT2D eigenvalue weighted by molar-refractivity contribution is 7.99. The zero-order chi connectivity index (χ0) is 20.8. The third-order valence-corrected chi connectivity index (χ3v) is 5.30. The van der Waals surface area contributed by atoms with Crippen molar-refractivity contribution in [2.75, 3.05) is 18.2 Å². The summed E-state index contributed by atoms with van der Waals surface area (Å²) in [4.78, 5) is 29.2. The van der Waals surface area contributed by atoms with Crippen molar-refractivity contribution in [3.8, 4) is 11.4 Å². The molecule has 1 amide bonds. The summed E-state index contributed by atoms with van der Waals surface area (Å²) in [7, 11) is 1.57. The Morgan fingerprint density at radius 3 is 2.66 bits per heavy atom. The van der Waals surface area contributed by atoms with Crippen LogP contribution < -0.4 is 15.6 Å². The Balaban J connectivity index is 1.67. The molecule has 1 heterocycles. The molecule has 29 heavy (non-hydrogen) atoms. The Labute approximate surface area is 173 Å². The lowest BCUT2D eigenvalue weighted by atomic mass is 10.0. The van der Waals surface area contributed by atoms with Gasteiger partial charge in [0.15, 0.2) is 5.03 Å². The molecule has 1 aromatic heterocycles. The van der Waals surface area contributed by atoms with Gasteiger partial charge in [0.1, 0.15) is 5.75 Å². The molecule has 7 heteroatoms. The molecule has 3 aromatic rings. The quantitative estimate of drug-likeness (QED) is 0.595. The van der Waals surface area contributed by atoms with E-state index < -0.39 is 0 Å². The van der Waals surface area contributed by atoms with Crippen molar-refractivity contribution in [2.24, 2.45) is 0 Å². The van der Waals surface area contributed by atoms with E-state index in [0.717, 1.165) is 17.4 Å². The molecule has 0 aliphatic carbocycles. The summed E-state index contributed by atoms with van der Waals surface area (Å²) in [6.45, 7) is 4.24. The molecular weight excluding hydrogens is 386 g/mol. The van der Waals surface area contributed by atoms with Gasteiger partial charge in [0.25, 0.3) is 5.56 Å². The van der Waals surface area contributed by atoms with Crippen molar-refractivity contribution in [3.05, 3.63) is 76.8 Å². The van der Waals surface area contributed by atoms with E-state index in [1.54, 1.807) is 25.6 Å². The van der Waals surface area contributed by atoms with Gasteiger partial charge in [-0.15, -0.1) is 0 Å². The number of amides is 1. The number of nitrogens with zero attached hydrogens (tertiary/aromatic N) is 2. The SMILES string of the molecule is COc1cccc(-n2ccnc(SCC(=O)Nc3ccc(C(C)C)cc3)c2=O)c1. The molecule has 0 saturated heterocycles. The number of hydrogen-bond acceptors (Lipinski definition) is 5. The van der Waals surface area contributed by atoms with Crippen LogP contribution in [0, 0.1) is 0 Å². The number of benzene rings is 2. The largest absolute Gasteiger partial charge is 0.497 e. The third kappa shape index (κ3) is 5.26. The van der Waals surface area contributed by atoms with Crippen LogP contribution in [-0.4, -0.2) is 28.3 Å². The fourth-order valence-corrected chi connectivity index (χ4v) is 3.44. The fraction of sp³-hybridized carbons (Fsp3) is 0.227. The minimum atomic E-state index is -0.278.